The van der Waals surface area contributed by atoms with Crippen molar-refractivity contribution in [2.75, 3.05) is 11.5 Å². The molecule has 0 saturated carbocycles. The second-order valence-electron chi connectivity index (χ2n) is 5.49. The van der Waals surface area contributed by atoms with E-state index in [0.29, 0.717) is 15.8 Å². The maximum Gasteiger partial charge on any atom is 0.0992 e. The van der Waals surface area contributed by atoms with E-state index in [0.717, 1.165) is 17.7 Å². The lowest BCUT2D eigenvalue weighted by molar-refractivity contribution is 0.0156. The van der Waals surface area contributed by atoms with Gasteiger partial charge in [0, 0.05) is 5.75 Å². The summed E-state index contributed by atoms with van der Waals surface area (Å²) in [6, 6.07) is 5.41. The van der Waals surface area contributed by atoms with Gasteiger partial charge < -0.3 is 5.11 Å². The lowest BCUT2D eigenvalue weighted by Crippen LogP contribution is -2.40. The molecule has 0 aromatic heterocycles. The van der Waals surface area contributed by atoms with E-state index in [9.17, 15) is 5.11 Å². The summed E-state index contributed by atoms with van der Waals surface area (Å²) in [5.41, 5.74) is 0.219. The van der Waals surface area contributed by atoms with Crippen LogP contribution in [0.5, 0.6) is 0 Å². The Kier molecular flexibility index (Phi) is 3.71. The normalized spacial score (nSPS) is 28.1. The molecule has 2 rings (SSSR count). The van der Waals surface area contributed by atoms with Crippen LogP contribution >= 0.6 is 35.0 Å². The summed E-state index contributed by atoms with van der Waals surface area (Å²) in [5.74, 6) is 1.80. The van der Waals surface area contributed by atoms with Crippen LogP contribution in [-0.4, -0.2) is 16.6 Å². The van der Waals surface area contributed by atoms with E-state index in [4.69, 9.17) is 23.2 Å². The Bertz CT molecular complexity index is 433. The molecule has 1 heterocycles. The number of hydrogen-bond acceptors (Lipinski definition) is 2. The molecule has 1 aliphatic heterocycles. The average Bonchev–Trinajstić information content (AvgIpc) is 2.20. The van der Waals surface area contributed by atoms with Crippen molar-refractivity contribution in [1.82, 2.24) is 0 Å². The van der Waals surface area contributed by atoms with Gasteiger partial charge in [-0.05, 0) is 35.3 Å². The third kappa shape index (κ3) is 2.93. The van der Waals surface area contributed by atoms with Gasteiger partial charge in [0.05, 0.1) is 15.6 Å². The standard InChI is InChI=1S/C13H16Cl2OS/c1-12(2)6-13(16,8-17-7-12)9-3-4-10(14)11(15)5-9/h3-5,16H,6-8H2,1-2H3. The van der Waals surface area contributed by atoms with Crippen LogP contribution in [0, 0.1) is 5.41 Å². The highest BCUT2D eigenvalue weighted by atomic mass is 35.5. The molecule has 1 aliphatic rings. The molecule has 4 heteroatoms. The highest BCUT2D eigenvalue weighted by molar-refractivity contribution is 7.99. The highest BCUT2D eigenvalue weighted by Gasteiger charge is 2.40. The molecule has 17 heavy (non-hydrogen) atoms. The maximum atomic E-state index is 10.8. The minimum absolute atomic E-state index is 0.143. The minimum atomic E-state index is -0.791. The summed E-state index contributed by atoms with van der Waals surface area (Å²) in [5, 5.41) is 11.8. The van der Waals surface area contributed by atoms with Gasteiger partial charge in [-0.3, -0.25) is 0 Å². The van der Waals surface area contributed by atoms with Crippen molar-refractivity contribution in [1.29, 1.82) is 0 Å². The van der Waals surface area contributed by atoms with Crippen LogP contribution in [0.4, 0.5) is 0 Å². The van der Waals surface area contributed by atoms with Crippen molar-refractivity contribution in [2.45, 2.75) is 25.9 Å². The molecule has 1 aromatic carbocycles. The number of rotatable bonds is 1. The number of aliphatic hydroxyl groups is 1. The van der Waals surface area contributed by atoms with E-state index in [2.05, 4.69) is 13.8 Å². The Labute approximate surface area is 117 Å². The number of benzene rings is 1. The summed E-state index contributed by atoms with van der Waals surface area (Å²) >= 11 is 13.7. The SMILES string of the molecule is CC1(C)CSCC(O)(c2ccc(Cl)c(Cl)c2)C1. The predicted molar refractivity (Wildman–Crippen MR) is 76.1 cm³/mol. The summed E-state index contributed by atoms with van der Waals surface area (Å²) < 4.78 is 0. The zero-order valence-corrected chi connectivity index (χ0v) is 12.3. The van der Waals surface area contributed by atoms with Crippen LogP contribution in [0.15, 0.2) is 18.2 Å². The van der Waals surface area contributed by atoms with Gasteiger partial charge in [-0.15, -0.1) is 0 Å². The fourth-order valence-corrected chi connectivity index (χ4v) is 4.02. The molecule has 0 radical (unpaired) electrons. The van der Waals surface area contributed by atoms with Gasteiger partial charge in [0.1, 0.15) is 0 Å². The molecule has 1 N–H and O–H groups in total. The van der Waals surface area contributed by atoms with E-state index in [1.54, 1.807) is 23.9 Å². The monoisotopic (exact) mass is 290 g/mol. The summed E-state index contributed by atoms with van der Waals surface area (Å²) in [6.45, 7) is 4.36. The van der Waals surface area contributed by atoms with Crippen molar-refractivity contribution in [3.63, 3.8) is 0 Å². The summed E-state index contributed by atoms with van der Waals surface area (Å²) in [4.78, 5) is 0. The van der Waals surface area contributed by atoms with Crippen molar-refractivity contribution in [2.24, 2.45) is 5.41 Å². The van der Waals surface area contributed by atoms with Crippen LogP contribution in [0.2, 0.25) is 10.0 Å². The quantitative estimate of drug-likeness (QED) is 0.830. The molecule has 1 fully saturated rings. The first kappa shape index (κ1) is 13.5. The van der Waals surface area contributed by atoms with Gasteiger partial charge >= 0.3 is 0 Å². The van der Waals surface area contributed by atoms with E-state index in [-0.39, 0.29) is 5.41 Å². The fraction of sp³-hybridized carbons (Fsp3) is 0.538. The Morgan fingerprint density at radius 3 is 2.47 bits per heavy atom. The smallest absolute Gasteiger partial charge is 0.0992 e. The Hall–Kier alpha value is 0.110. The Morgan fingerprint density at radius 2 is 1.88 bits per heavy atom. The molecular weight excluding hydrogens is 275 g/mol. The zero-order chi connectivity index (χ0) is 12.7. The number of hydrogen-bond donors (Lipinski definition) is 1. The molecule has 1 aromatic rings. The topological polar surface area (TPSA) is 20.2 Å². The third-order valence-electron chi connectivity index (χ3n) is 3.06. The van der Waals surface area contributed by atoms with E-state index in [1.807, 2.05) is 6.07 Å². The van der Waals surface area contributed by atoms with Gasteiger partial charge in [0.15, 0.2) is 0 Å². The van der Waals surface area contributed by atoms with Crippen molar-refractivity contribution in [3.05, 3.63) is 33.8 Å². The molecular formula is C13H16Cl2OS. The molecule has 1 nitrogen and oxygen atoms in total. The molecule has 94 valence electrons. The third-order valence-corrected chi connectivity index (χ3v) is 5.47. The van der Waals surface area contributed by atoms with Crippen LogP contribution < -0.4 is 0 Å². The van der Waals surface area contributed by atoms with Gasteiger partial charge in [-0.25, -0.2) is 0 Å². The Morgan fingerprint density at radius 1 is 1.18 bits per heavy atom. The lowest BCUT2D eigenvalue weighted by Gasteiger charge is -2.41. The van der Waals surface area contributed by atoms with E-state index in [1.165, 1.54) is 0 Å². The average molecular weight is 291 g/mol. The Balaban J connectivity index is 2.34. The lowest BCUT2D eigenvalue weighted by atomic mass is 9.78. The van der Waals surface area contributed by atoms with Crippen molar-refractivity contribution < 1.29 is 5.11 Å². The van der Waals surface area contributed by atoms with Crippen LogP contribution in [0.1, 0.15) is 25.8 Å². The van der Waals surface area contributed by atoms with Crippen LogP contribution in [-0.2, 0) is 5.60 Å². The van der Waals surface area contributed by atoms with Crippen molar-refractivity contribution >= 4 is 35.0 Å². The largest absolute Gasteiger partial charge is 0.384 e. The summed E-state index contributed by atoms with van der Waals surface area (Å²) in [6.07, 6.45) is 0.755. The first-order valence-corrected chi connectivity index (χ1v) is 7.49. The molecule has 0 spiro atoms. The zero-order valence-electron chi connectivity index (χ0n) is 9.96. The number of halogens is 2. The number of thioether (sulfide) groups is 1. The van der Waals surface area contributed by atoms with Gasteiger partial charge in [-0.2, -0.15) is 11.8 Å². The van der Waals surface area contributed by atoms with E-state index >= 15 is 0 Å². The minimum Gasteiger partial charge on any atom is -0.384 e. The highest BCUT2D eigenvalue weighted by Crippen LogP contribution is 2.45. The van der Waals surface area contributed by atoms with Gasteiger partial charge in [0.25, 0.3) is 0 Å². The first-order chi connectivity index (χ1) is 7.82. The second kappa shape index (κ2) is 4.65. The predicted octanol–water partition coefficient (Wildman–Crippen LogP) is 4.34. The van der Waals surface area contributed by atoms with Crippen LogP contribution in [0.3, 0.4) is 0 Å². The van der Waals surface area contributed by atoms with E-state index < -0.39 is 5.60 Å². The molecule has 0 bridgehead atoms. The summed E-state index contributed by atoms with van der Waals surface area (Å²) in [7, 11) is 0. The molecule has 0 amide bonds. The molecule has 1 atom stereocenters. The second-order valence-corrected chi connectivity index (χ2v) is 7.29. The van der Waals surface area contributed by atoms with Crippen LogP contribution in [0.25, 0.3) is 0 Å². The molecule has 0 aliphatic carbocycles. The van der Waals surface area contributed by atoms with Gasteiger partial charge in [0.2, 0.25) is 0 Å². The van der Waals surface area contributed by atoms with Gasteiger partial charge in [-0.1, -0.05) is 43.1 Å². The first-order valence-electron chi connectivity index (χ1n) is 5.58. The van der Waals surface area contributed by atoms with Crippen molar-refractivity contribution in [3.8, 4) is 0 Å². The maximum absolute atomic E-state index is 10.8. The molecule has 1 unspecified atom stereocenters. The molecule has 1 saturated heterocycles. The fourth-order valence-electron chi connectivity index (χ4n) is 2.36.